The van der Waals surface area contributed by atoms with Gasteiger partial charge in [-0.3, -0.25) is 0 Å². The van der Waals surface area contributed by atoms with Gasteiger partial charge < -0.3 is 4.74 Å². The predicted molar refractivity (Wildman–Crippen MR) is 62.6 cm³/mol. The highest BCUT2D eigenvalue weighted by Crippen LogP contribution is 1.91. The third-order valence-corrected chi connectivity index (χ3v) is 1.70. The summed E-state index contributed by atoms with van der Waals surface area (Å²) in [4.78, 5) is 2.64. The van der Waals surface area contributed by atoms with E-state index < -0.39 is 0 Å². The van der Waals surface area contributed by atoms with Crippen molar-refractivity contribution in [1.82, 2.24) is 0 Å². The average molecular weight is 209 g/mol. The normalized spacial score (nSPS) is 11.0. The first kappa shape index (κ1) is 13.8. The molecule has 0 heterocycles. The fourth-order valence-corrected chi connectivity index (χ4v) is 0.898. The highest BCUT2D eigenvalue weighted by atomic mass is 16.5. The van der Waals surface area contributed by atoms with E-state index in [0.29, 0.717) is 6.54 Å². The van der Waals surface area contributed by atoms with E-state index in [1.807, 2.05) is 24.3 Å². The Morgan fingerprint density at radius 1 is 1.27 bits per heavy atom. The number of nitrogens with zero attached hydrogens (tertiary/aromatic N) is 3. The Bertz CT molecular complexity index is 230. The van der Waals surface area contributed by atoms with Crippen molar-refractivity contribution in [2.75, 3.05) is 19.8 Å². The largest absolute Gasteiger partial charge is 0.381 e. The van der Waals surface area contributed by atoms with Crippen molar-refractivity contribution in [3.8, 4) is 0 Å². The Balaban J connectivity index is 3.23. The summed E-state index contributed by atoms with van der Waals surface area (Å²) in [5.41, 5.74) is 8.00. The summed E-state index contributed by atoms with van der Waals surface area (Å²) in [5.74, 6) is 0. The SMILES string of the molecule is CCCCOCC/C=C/C=C/CN=[N+]=[N-]. The van der Waals surface area contributed by atoms with Gasteiger partial charge in [0.25, 0.3) is 0 Å². The number of rotatable bonds is 9. The van der Waals surface area contributed by atoms with Crippen molar-refractivity contribution in [2.24, 2.45) is 5.11 Å². The molecule has 4 heteroatoms. The van der Waals surface area contributed by atoms with Crippen LogP contribution in [0.2, 0.25) is 0 Å². The standard InChI is InChI=1S/C11H19N3O/c1-2-3-10-15-11-8-6-4-5-7-9-13-14-12/h4-7H,2-3,8-11H2,1H3/b6-4+,7-5+. The Hall–Kier alpha value is -1.25. The van der Waals surface area contributed by atoms with Gasteiger partial charge in [0.2, 0.25) is 0 Å². The van der Waals surface area contributed by atoms with Crippen LogP contribution in [0.1, 0.15) is 26.2 Å². The first-order valence-electron chi connectivity index (χ1n) is 5.32. The van der Waals surface area contributed by atoms with E-state index in [1.54, 1.807) is 0 Å². The number of azide groups is 1. The molecule has 0 aromatic rings. The zero-order valence-electron chi connectivity index (χ0n) is 9.30. The molecule has 0 rings (SSSR count). The van der Waals surface area contributed by atoms with Crippen molar-refractivity contribution >= 4 is 0 Å². The molecule has 0 spiro atoms. The summed E-state index contributed by atoms with van der Waals surface area (Å²) < 4.78 is 5.38. The van der Waals surface area contributed by atoms with Gasteiger partial charge in [-0.1, -0.05) is 42.8 Å². The van der Waals surface area contributed by atoms with Gasteiger partial charge in [0, 0.05) is 18.1 Å². The number of allylic oxidation sites excluding steroid dienone is 2. The maximum atomic E-state index is 8.00. The van der Waals surface area contributed by atoms with Crippen LogP contribution < -0.4 is 0 Å². The van der Waals surface area contributed by atoms with E-state index in [9.17, 15) is 0 Å². The molecule has 0 saturated carbocycles. The molecular weight excluding hydrogens is 190 g/mol. The highest BCUT2D eigenvalue weighted by molar-refractivity contribution is 5.03. The van der Waals surface area contributed by atoms with Crippen LogP contribution in [-0.4, -0.2) is 19.8 Å². The minimum Gasteiger partial charge on any atom is -0.381 e. The van der Waals surface area contributed by atoms with Crippen LogP contribution >= 0.6 is 0 Å². The van der Waals surface area contributed by atoms with Crippen LogP contribution in [0.3, 0.4) is 0 Å². The molecular formula is C11H19N3O. The fraction of sp³-hybridized carbons (Fsp3) is 0.636. The van der Waals surface area contributed by atoms with E-state index in [4.69, 9.17) is 10.3 Å². The molecule has 0 aromatic heterocycles. The minimum atomic E-state index is 0.411. The van der Waals surface area contributed by atoms with Gasteiger partial charge in [-0.05, 0) is 18.4 Å². The van der Waals surface area contributed by atoms with Crippen LogP contribution in [-0.2, 0) is 4.74 Å². The molecule has 15 heavy (non-hydrogen) atoms. The van der Waals surface area contributed by atoms with Crippen molar-refractivity contribution in [2.45, 2.75) is 26.2 Å². The zero-order chi connectivity index (χ0) is 11.2. The third kappa shape index (κ3) is 12.8. The second-order valence-corrected chi connectivity index (χ2v) is 3.02. The Morgan fingerprint density at radius 3 is 2.80 bits per heavy atom. The highest BCUT2D eigenvalue weighted by Gasteiger charge is 1.84. The number of unbranched alkanes of at least 4 members (excludes halogenated alkanes) is 1. The molecule has 0 aliphatic heterocycles. The Kier molecular flexibility index (Phi) is 11.7. The van der Waals surface area contributed by atoms with E-state index >= 15 is 0 Å². The van der Waals surface area contributed by atoms with Crippen molar-refractivity contribution in [3.63, 3.8) is 0 Å². The molecule has 4 nitrogen and oxygen atoms in total. The van der Waals surface area contributed by atoms with E-state index in [-0.39, 0.29) is 0 Å². The summed E-state index contributed by atoms with van der Waals surface area (Å²) in [6, 6.07) is 0. The molecule has 0 aliphatic carbocycles. The predicted octanol–water partition coefficient (Wildman–Crippen LogP) is 3.62. The molecule has 0 bridgehead atoms. The van der Waals surface area contributed by atoms with Crippen molar-refractivity contribution in [3.05, 3.63) is 34.7 Å². The van der Waals surface area contributed by atoms with Crippen molar-refractivity contribution < 1.29 is 4.74 Å². The van der Waals surface area contributed by atoms with E-state index in [2.05, 4.69) is 16.9 Å². The van der Waals surface area contributed by atoms with Crippen LogP contribution in [0.4, 0.5) is 0 Å². The third-order valence-electron chi connectivity index (χ3n) is 1.70. The van der Waals surface area contributed by atoms with Gasteiger partial charge in [0.05, 0.1) is 6.61 Å². The lowest BCUT2D eigenvalue weighted by molar-refractivity contribution is 0.136. The zero-order valence-corrected chi connectivity index (χ0v) is 9.30. The summed E-state index contributed by atoms with van der Waals surface area (Å²) in [6.07, 6.45) is 10.9. The lowest BCUT2D eigenvalue weighted by Crippen LogP contribution is -1.94. The number of hydrogen-bond acceptors (Lipinski definition) is 2. The number of ether oxygens (including phenoxy) is 1. The molecule has 0 fully saturated rings. The molecule has 0 N–H and O–H groups in total. The molecule has 0 saturated heterocycles. The quantitative estimate of drug-likeness (QED) is 0.188. The Morgan fingerprint density at radius 2 is 2.07 bits per heavy atom. The second-order valence-electron chi connectivity index (χ2n) is 3.02. The summed E-state index contributed by atoms with van der Waals surface area (Å²) in [5, 5.41) is 3.37. The first-order chi connectivity index (χ1) is 7.41. The summed E-state index contributed by atoms with van der Waals surface area (Å²) in [7, 11) is 0. The van der Waals surface area contributed by atoms with E-state index in [0.717, 1.165) is 26.1 Å². The molecule has 0 aliphatic rings. The van der Waals surface area contributed by atoms with Crippen LogP contribution in [0.5, 0.6) is 0 Å². The van der Waals surface area contributed by atoms with Gasteiger partial charge in [-0.2, -0.15) is 0 Å². The van der Waals surface area contributed by atoms with Gasteiger partial charge in [0.15, 0.2) is 0 Å². The summed E-state index contributed by atoms with van der Waals surface area (Å²) >= 11 is 0. The molecule has 0 aromatic carbocycles. The lowest BCUT2D eigenvalue weighted by atomic mass is 10.3. The maximum absolute atomic E-state index is 8.00. The van der Waals surface area contributed by atoms with Crippen molar-refractivity contribution in [1.29, 1.82) is 0 Å². The molecule has 0 atom stereocenters. The van der Waals surface area contributed by atoms with Gasteiger partial charge in [0.1, 0.15) is 0 Å². The van der Waals surface area contributed by atoms with Gasteiger partial charge in [-0.15, -0.1) is 0 Å². The lowest BCUT2D eigenvalue weighted by Gasteiger charge is -1.98. The smallest absolute Gasteiger partial charge is 0.0500 e. The molecule has 0 radical (unpaired) electrons. The average Bonchev–Trinajstić information content (AvgIpc) is 2.26. The van der Waals surface area contributed by atoms with E-state index in [1.165, 1.54) is 6.42 Å². The second kappa shape index (κ2) is 12.8. The fourth-order valence-electron chi connectivity index (χ4n) is 0.898. The topological polar surface area (TPSA) is 58.0 Å². The molecule has 0 amide bonds. The molecule has 0 unspecified atom stereocenters. The number of hydrogen-bond donors (Lipinski definition) is 0. The summed E-state index contributed by atoms with van der Waals surface area (Å²) in [6.45, 7) is 4.20. The van der Waals surface area contributed by atoms with Crippen LogP contribution in [0.15, 0.2) is 29.4 Å². The monoisotopic (exact) mass is 209 g/mol. The minimum absolute atomic E-state index is 0.411. The van der Waals surface area contributed by atoms with Crippen LogP contribution in [0, 0.1) is 0 Å². The molecule has 84 valence electrons. The van der Waals surface area contributed by atoms with Gasteiger partial charge in [-0.25, -0.2) is 0 Å². The van der Waals surface area contributed by atoms with Gasteiger partial charge >= 0.3 is 0 Å². The first-order valence-corrected chi connectivity index (χ1v) is 5.32. The van der Waals surface area contributed by atoms with Crippen LogP contribution in [0.25, 0.3) is 10.4 Å². The maximum Gasteiger partial charge on any atom is 0.0500 e. The Labute approximate surface area is 91.3 Å².